The predicted octanol–water partition coefficient (Wildman–Crippen LogP) is 1.47. The zero-order valence-corrected chi connectivity index (χ0v) is 7.72. The third-order valence-corrected chi connectivity index (χ3v) is 2.39. The quantitative estimate of drug-likeness (QED) is 0.735. The molecular weight excluding hydrogens is 180 g/mol. The molecule has 0 spiro atoms. The Balaban J connectivity index is 1.77. The smallest absolute Gasteiger partial charge is 0.335 e. The Morgan fingerprint density at radius 2 is 2.07 bits per heavy atom. The molecule has 2 unspecified atom stereocenters. The molecule has 3 nitrogen and oxygen atoms in total. The van der Waals surface area contributed by atoms with Gasteiger partial charge in [-0.2, -0.15) is 0 Å². The van der Waals surface area contributed by atoms with Gasteiger partial charge in [0.05, 0.1) is 6.10 Å². The highest BCUT2D eigenvalue weighted by atomic mass is 16.6. The van der Waals surface area contributed by atoms with Gasteiger partial charge >= 0.3 is 5.97 Å². The van der Waals surface area contributed by atoms with Crippen molar-refractivity contribution in [3.63, 3.8) is 0 Å². The first kappa shape index (κ1) is 9.21. The Kier molecular flexibility index (Phi) is 2.50. The number of aliphatic carboxylic acids is 1. The van der Waals surface area contributed by atoms with Gasteiger partial charge in [-0.15, -0.1) is 0 Å². The predicted molar refractivity (Wildman–Crippen MR) is 51.1 cm³/mol. The third-order valence-electron chi connectivity index (χ3n) is 2.39. The molecule has 3 heteroatoms. The molecule has 1 aliphatic rings. The molecule has 2 atom stereocenters. The molecule has 0 bridgehead atoms. The summed E-state index contributed by atoms with van der Waals surface area (Å²) >= 11 is 0. The maximum Gasteiger partial charge on any atom is 0.335 e. The SMILES string of the molecule is O=C(O)C1OC1CCc1ccccc1. The number of carboxylic acids is 1. The van der Waals surface area contributed by atoms with Crippen LogP contribution in [-0.2, 0) is 16.0 Å². The van der Waals surface area contributed by atoms with Crippen molar-refractivity contribution in [1.82, 2.24) is 0 Å². The van der Waals surface area contributed by atoms with E-state index < -0.39 is 12.1 Å². The Morgan fingerprint density at radius 3 is 2.64 bits per heavy atom. The van der Waals surface area contributed by atoms with Crippen molar-refractivity contribution in [3.05, 3.63) is 35.9 Å². The molecular formula is C11H12O3. The molecule has 1 aromatic rings. The molecule has 0 radical (unpaired) electrons. The molecule has 0 aliphatic carbocycles. The lowest BCUT2D eigenvalue weighted by atomic mass is 10.1. The van der Waals surface area contributed by atoms with Crippen molar-refractivity contribution in [3.8, 4) is 0 Å². The first-order chi connectivity index (χ1) is 6.77. The monoisotopic (exact) mass is 192 g/mol. The fourth-order valence-corrected chi connectivity index (χ4v) is 1.53. The number of benzene rings is 1. The lowest BCUT2D eigenvalue weighted by molar-refractivity contribution is -0.138. The fourth-order valence-electron chi connectivity index (χ4n) is 1.53. The van der Waals surface area contributed by atoms with E-state index in [9.17, 15) is 4.79 Å². The van der Waals surface area contributed by atoms with Gasteiger partial charge in [-0.25, -0.2) is 4.79 Å². The zero-order valence-electron chi connectivity index (χ0n) is 7.72. The zero-order chi connectivity index (χ0) is 9.97. The number of epoxide rings is 1. The molecule has 1 saturated heterocycles. The summed E-state index contributed by atoms with van der Waals surface area (Å²) in [5, 5.41) is 8.60. The van der Waals surface area contributed by atoms with Crippen molar-refractivity contribution in [2.24, 2.45) is 0 Å². The van der Waals surface area contributed by atoms with Crippen LogP contribution in [0.4, 0.5) is 0 Å². The van der Waals surface area contributed by atoms with Gasteiger partial charge in [0.1, 0.15) is 0 Å². The van der Waals surface area contributed by atoms with Crippen molar-refractivity contribution in [2.75, 3.05) is 0 Å². The highest BCUT2D eigenvalue weighted by molar-refractivity contribution is 5.75. The number of hydrogen-bond donors (Lipinski definition) is 1. The first-order valence-corrected chi connectivity index (χ1v) is 4.69. The number of ether oxygens (including phenoxy) is 1. The number of carbonyl (C=O) groups is 1. The molecule has 74 valence electrons. The van der Waals surface area contributed by atoms with Crippen LogP contribution in [-0.4, -0.2) is 23.3 Å². The summed E-state index contributed by atoms with van der Waals surface area (Å²) in [6.45, 7) is 0. The second kappa shape index (κ2) is 3.80. The molecule has 14 heavy (non-hydrogen) atoms. The van der Waals surface area contributed by atoms with Crippen LogP contribution in [0.15, 0.2) is 30.3 Å². The van der Waals surface area contributed by atoms with Crippen molar-refractivity contribution in [2.45, 2.75) is 25.0 Å². The lowest BCUT2D eigenvalue weighted by Gasteiger charge is -1.97. The standard InChI is InChI=1S/C11H12O3/c12-11(13)10-9(14-10)7-6-8-4-2-1-3-5-8/h1-5,9-10H,6-7H2,(H,12,13). The average Bonchev–Trinajstić information content (AvgIpc) is 2.96. The molecule has 1 heterocycles. The van der Waals surface area contributed by atoms with Gasteiger partial charge in [0, 0.05) is 0 Å². The molecule has 1 aliphatic heterocycles. The van der Waals surface area contributed by atoms with Gasteiger partial charge in [-0.05, 0) is 18.4 Å². The molecule has 0 amide bonds. The summed E-state index contributed by atoms with van der Waals surface area (Å²) in [5.41, 5.74) is 1.23. The second-order valence-corrected chi connectivity index (χ2v) is 3.46. The Morgan fingerprint density at radius 1 is 1.36 bits per heavy atom. The minimum Gasteiger partial charge on any atom is -0.479 e. The van der Waals surface area contributed by atoms with Crippen LogP contribution >= 0.6 is 0 Å². The van der Waals surface area contributed by atoms with Crippen LogP contribution in [0.2, 0.25) is 0 Å². The Hall–Kier alpha value is -1.35. The summed E-state index contributed by atoms with van der Waals surface area (Å²) in [6.07, 6.45) is 1.04. The number of carboxylic acid groups (broad SMARTS) is 1. The minimum absolute atomic E-state index is 0.0762. The largest absolute Gasteiger partial charge is 0.479 e. The Bertz CT molecular complexity index is 321. The van der Waals surface area contributed by atoms with Gasteiger partial charge in [-0.3, -0.25) is 0 Å². The minimum atomic E-state index is -0.844. The van der Waals surface area contributed by atoms with Gasteiger partial charge in [-0.1, -0.05) is 30.3 Å². The van der Waals surface area contributed by atoms with Crippen LogP contribution in [0.3, 0.4) is 0 Å². The van der Waals surface area contributed by atoms with Crippen molar-refractivity contribution >= 4 is 5.97 Å². The molecule has 0 aromatic heterocycles. The van der Waals surface area contributed by atoms with Crippen LogP contribution in [0.1, 0.15) is 12.0 Å². The van der Waals surface area contributed by atoms with Gasteiger partial charge in [0.2, 0.25) is 0 Å². The molecule has 1 fully saturated rings. The third kappa shape index (κ3) is 2.12. The summed E-state index contributed by atoms with van der Waals surface area (Å²) in [7, 11) is 0. The van der Waals surface area contributed by atoms with Gasteiger partial charge in [0.15, 0.2) is 6.10 Å². The molecule has 1 N–H and O–H groups in total. The fraction of sp³-hybridized carbons (Fsp3) is 0.364. The van der Waals surface area contributed by atoms with E-state index in [1.807, 2.05) is 30.3 Å². The maximum atomic E-state index is 10.5. The summed E-state index contributed by atoms with van der Waals surface area (Å²) < 4.78 is 5.00. The van der Waals surface area contributed by atoms with E-state index in [-0.39, 0.29) is 6.10 Å². The van der Waals surface area contributed by atoms with E-state index >= 15 is 0 Å². The van der Waals surface area contributed by atoms with E-state index in [1.54, 1.807) is 0 Å². The van der Waals surface area contributed by atoms with Crippen molar-refractivity contribution in [1.29, 1.82) is 0 Å². The summed E-state index contributed by atoms with van der Waals surface area (Å²) in [5.74, 6) is -0.844. The highest BCUT2D eigenvalue weighted by Crippen LogP contribution is 2.26. The van der Waals surface area contributed by atoms with E-state index in [0.717, 1.165) is 12.8 Å². The summed E-state index contributed by atoms with van der Waals surface area (Å²) in [6, 6.07) is 10.0. The van der Waals surface area contributed by atoms with Crippen LogP contribution < -0.4 is 0 Å². The molecule has 1 aromatic carbocycles. The normalized spacial score (nSPS) is 24.6. The van der Waals surface area contributed by atoms with E-state index in [1.165, 1.54) is 5.56 Å². The topological polar surface area (TPSA) is 49.8 Å². The number of rotatable bonds is 4. The average molecular weight is 192 g/mol. The van der Waals surface area contributed by atoms with Crippen LogP contribution in [0.5, 0.6) is 0 Å². The van der Waals surface area contributed by atoms with E-state index in [0.29, 0.717) is 0 Å². The summed E-state index contributed by atoms with van der Waals surface area (Å²) in [4.78, 5) is 10.5. The van der Waals surface area contributed by atoms with Gasteiger partial charge < -0.3 is 9.84 Å². The van der Waals surface area contributed by atoms with E-state index in [2.05, 4.69) is 0 Å². The highest BCUT2D eigenvalue weighted by Gasteiger charge is 2.44. The number of aryl methyl sites for hydroxylation is 1. The maximum absolute atomic E-state index is 10.5. The van der Waals surface area contributed by atoms with Gasteiger partial charge in [0.25, 0.3) is 0 Å². The van der Waals surface area contributed by atoms with Crippen LogP contribution in [0, 0.1) is 0 Å². The van der Waals surface area contributed by atoms with E-state index in [4.69, 9.17) is 9.84 Å². The Labute approximate surface area is 82.3 Å². The number of hydrogen-bond acceptors (Lipinski definition) is 2. The van der Waals surface area contributed by atoms with Crippen LogP contribution in [0.25, 0.3) is 0 Å². The molecule has 2 rings (SSSR count). The first-order valence-electron chi connectivity index (χ1n) is 4.69. The lowest BCUT2D eigenvalue weighted by Crippen LogP contribution is -2.08. The second-order valence-electron chi connectivity index (χ2n) is 3.46. The van der Waals surface area contributed by atoms with Crippen molar-refractivity contribution < 1.29 is 14.6 Å². The molecule has 0 saturated carbocycles.